The number of Topliss-reactive ketones (excluding diaryl/α,β-unsaturated/α-hetero) is 1. The highest BCUT2D eigenvalue weighted by atomic mass is 35.5. The summed E-state index contributed by atoms with van der Waals surface area (Å²) in [6, 6.07) is 7.16. The molecule has 0 bridgehead atoms. The predicted octanol–water partition coefficient (Wildman–Crippen LogP) is 3.46. The number of amides is 1. The van der Waals surface area contributed by atoms with Gasteiger partial charge in [0.1, 0.15) is 5.76 Å². The fraction of sp³-hybridized carbons (Fsp3) is 0.211. The number of methoxy groups -OCH3 is 1. The lowest BCUT2D eigenvalue weighted by atomic mass is 9.95. The van der Waals surface area contributed by atoms with Gasteiger partial charge in [0.25, 0.3) is 11.7 Å². The van der Waals surface area contributed by atoms with Crippen molar-refractivity contribution in [2.45, 2.75) is 6.04 Å². The third kappa shape index (κ3) is 3.69. The van der Waals surface area contributed by atoms with E-state index >= 15 is 0 Å². The number of likely N-dealkylation sites (tertiary alicyclic amines) is 1. The highest BCUT2D eigenvalue weighted by Gasteiger charge is 2.45. The van der Waals surface area contributed by atoms with E-state index in [2.05, 4.69) is 4.98 Å². The van der Waals surface area contributed by atoms with Crippen LogP contribution in [0.2, 0.25) is 10.0 Å². The molecule has 0 aliphatic carbocycles. The molecule has 1 atom stereocenters. The molecule has 1 aromatic carbocycles. The maximum atomic E-state index is 12.7. The smallest absolute Gasteiger partial charge is 0.295 e. The van der Waals surface area contributed by atoms with Gasteiger partial charge in [-0.1, -0.05) is 29.3 Å². The van der Waals surface area contributed by atoms with Crippen LogP contribution in [0.4, 0.5) is 0 Å². The van der Waals surface area contributed by atoms with Crippen molar-refractivity contribution in [2.75, 3.05) is 20.3 Å². The molecule has 1 amide bonds. The lowest BCUT2D eigenvalue weighted by Crippen LogP contribution is -2.32. The van der Waals surface area contributed by atoms with Gasteiger partial charge in [-0.2, -0.15) is 0 Å². The minimum absolute atomic E-state index is 0.0132. The van der Waals surface area contributed by atoms with E-state index in [0.29, 0.717) is 16.1 Å². The minimum atomic E-state index is -0.803. The first-order valence-corrected chi connectivity index (χ1v) is 8.84. The number of aliphatic hydroxyl groups excluding tert-OH is 1. The number of carbonyl (C=O) groups excluding carboxylic acids is 2. The van der Waals surface area contributed by atoms with Crippen molar-refractivity contribution in [2.24, 2.45) is 0 Å². The van der Waals surface area contributed by atoms with Crippen molar-refractivity contribution in [3.8, 4) is 0 Å². The number of aliphatic hydroxyl groups is 1. The number of ether oxygens (including phenoxy) is 1. The van der Waals surface area contributed by atoms with Crippen LogP contribution in [0.3, 0.4) is 0 Å². The zero-order valence-electron chi connectivity index (χ0n) is 14.4. The lowest BCUT2D eigenvalue weighted by molar-refractivity contribution is -0.140. The highest BCUT2D eigenvalue weighted by molar-refractivity contribution is 6.46. The zero-order valence-corrected chi connectivity index (χ0v) is 15.9. The van der Waals surface area contributed by atoms with Gasteiger partial charge in [-0.15, -0.1) is 0 Å². The van der Waals surface area contributed by atoms with E-state index in [1.807, 2.05) is 0 Å². The SMILES string of the molecule is COCCN1C(=O)C(=O)/C(=C(\O)c2ccncc2)C1c1ccc(Cl)c(Cl)c1. The first kappa shape index (κ1) is 19.4. The summed E-state index contributed by atoms with van der Waals surface area (Å²) in [5.74, 6) is -1.75. The average molecular weight is 407 g/mol. The third-order valence-corrected chi connectivity index (χ3v) is 5.03. The van der Waals surface area contributed by atoms with Crippen LogP contribution < -0.4 is 0 Å². The number of aromatic nitrogens is 1. The molecule has 1 N–H and O–H groups in total. The van der Waals surface area contributed by atoms with Crippen molar-refractivity contribution < 1.29 is 19.4 Å². The Hall–Kier alpha value is -2.41. The molecule has 1 fully saturated rings. The van der Waals surface area contributed by atoms with Crippen LogP contribution in [-0.2, 0) is 14.3 Å². The van der Waals surface area contributed by atoms with Crippen LogP contribution in [0.25, 0.3) is 5.76 Å². The van der Waals surface area contributed by atoms with Crippen molar-refractivity contribution in [3.63, 3.8) is 0 Å². The van der Waals surface area contributed by atoms with E-state index in [4.69, 9.17) is 27.9 Å². The molecule has 1 saturated heterocycles. The number of hydrogen-bond donors (Lipinski definition) is 1. The number of pyridine rings is 1. The Morgan fingerprint density at radius 3 is 2.52 bits per heavy atom. The van der Waals surface area contributed by atoms with Crippen LogP contribution in [-0.4, -0.2) is 46.9 Å². The number of ketones is 1. The van der Waals surface area contributed by atoms with E-state index < -0.39 is 17.7 Å². The highest BCUT2D eigenvalue weighted by Crippen LogP contribution is 2.40. The third-order valence-electron chi connectivity index (χ3n) is 4.29. The Kier molecular flexibility index (Phi) is 5.79. The van der Waals surface area contributed by atoms with Gasteiger partial charge in [-0.25, -0.2) is 0 Å². The van der Waals surface area contributed by atoms with Crippen molar-refractivity contribution in [1.82, 2.24) is 9.88 Å². The van der Waals surface area contributed by atoms with Crippen molar-refractivity contribution in [3.05, 3.63) is 69.5 Å². The van der Waals surface area contributed by atoms with E-state index in [1.54, 1.807) is 30.3 Å². The van der Waals surface area contributed by atoms with Crippen LogP contribution in [0, 0.1) is 0 Å². The number of halogens is 2. The Labute approximate surface area is 166 Å². The summed E-state index contributed by atoms with van der Waals surface area (Å²) in [7, 11) is 1.50. The monoisotopic (exact) mass is 406 g/mol. The Morgan fingerprint density at radius 1 is 1.19 bits per heavy atom. The summed E-state index contributed by atoms with van der Waals surface area (Å²) in [6.07, 6.45) is 2.98. The van der Waals surface area contributed by atoms with E-state index in [-0.39, 0.29) is 29.5 Å². The first-order valence-electron chi connectivity index (χ1n) is 8.08. The number of hydrogen-bond acceptors (Lipinski definition) is 5. The molecule has 140 valence electrons. The zero-order chi connectivity index (χ0) is 19.6. The van der Waals surface area contributed by atoms with Gasteiger partial charge in [-0.05, 0) is 29.8 Å². The van der Waals surface area contributed by atoms with E-state index in [1.165, 1.54) is 24.4 Å². The summed E-state index contributed by atoms with van der Waals surface area (Å²) in [6.45, 7) is 0.416. The minimum Gasteiger partial charge on any atom is -0.507 e. The molecule has 0 spiro atoms. The molecule has 0 radical (unpaired) electrons. The summed E-state index contributed by atoms with van der Waals surface area (Å²) < 4.78 is 5.06. The average Bonchev–Trinajstić information content (AvgIpc) is 2.93. The quantitative estimate of drug-likeness (QED) is 0.467. The normalized spacial score (nSPS) is 18.9. The molecule has 8 heteroatoms. The summed E-state index contributed by atoms with van der Waals surface area (Å²) >= 11 is 12.1. The van der Waals surface area contributed by atoms with Gasteiger partial charge in [-0.3, -0.25) is 14.6 Å². The molecule has 2 aromatic rings. The Balaban J connectivity index is 2.18. The summed E-state index contributed by atoms with van der Waals surface area (Å²) in [5, 5.41) is 11.4. The standard InChI is InChI=1S/C19H16Cl2N2O4/c1-27-9-8-23-16(12-2-3-13(20)14(21)10-12)15(18(25)19(23)26)17(24)11-4-6-22-7-5-11/h2-7,10,16,24H,8-9H2,1H3/b17-15-. The van der Waals surface area contributed by atoms with Gasteiger partial charge in [0, 0.05) is 31.6 Å². The van der Waals surface area contributed by atoms with Crippen LogP contribution in [0.15, 0.2) is 48.3 Å². The fourth-order valence-corrected chi connectivity index (χ4v) is 3.30. The molecule has 1 aromatic heterocycles. The van der Waals surface area contributed by atoms with Gasteiger partial charge in [0.15, 0.2) is 0 Å². The van der Waals surface area contributed by atoms with Crippen molar-refractivity contribution in [1.29, 1.82) is 0 Å². The second-order valence-electron chi connectivity index (χ2n) is 5.89. The molecule has 1 aliphatic heterocycles. The number of nitrogens with zero attached hydrogens (tertiary/aromatic N) is 2. The maximum absolute atomic E-state index is 12.7. The largest absolute Gasteiger partial charge is 0.507 e. The van der Waals surface area contributed by atoms with Crippen molar-refractivity contribution >= 4 is 40.7 Å². The van der Waals surface area contributed by atoms with Crippen LogP contribution in [0.1, 0.15) is 17.2 Å². The first-order chi connectivity index (χ1) is 13.0. The van der Waals surface area contributed by atoms with Gasteiger partial charge < -0.3 is 14.7 Å². The van der Waals surface area contributed by atoms with Gasteiger partial charge in [0.2, 0.25) is 0 Å². The number of carbonyl (C=O) groups is 2. The fourth-order valence-electron chi connectivity index (χ4n) is 2.99. The predicted molar refractivity (Wildman–Crippen MR) is 102 cm³/mol. The second kappa shape index (κ2) is 8.08. The molecule has 2 heterocycles. The second-order valence-corrected chi connectivity index (χ2v) is 6.71. The molecule has 1 aliphatic rings. The number of rotatable bonds is 5. The number of benzene rings is 1. The molecule has 1 unspecified atom stereocenters. The van der Waals surface area contributed by atoms with Crippen LogP contribution in [0.5, 0.6) is 0 Å². The Morgan fingerprint density at radius 2 is 1.89 bits per heavy atom. The molecular formula is C19H16Cl2N2O4. The lowest BCUT2D eigenvalue weighted by Gasteiger charge is -2.25. The molecule has 0 saturated carbocycles. The van der Waals surface area contributed by atoms with Gasteiger partial charge >= 0.3 is 0 Å². The topological polar surface area (TPSA) is 79.7 Å². The maximum Gasteiger partial charge on any atom is 0.295 e. The van der Waals surface area contributed by atoms with E-state index in [0.717, 1.165) is 0 Å². The Bertz CT molecular complexity index is 915. The van der Waals surface area contributed by atoms with Gasteiger partial charge in [0.05, 0.1) is 28.3 Å². The molecule has 27 heavy (non-hydrogen) atoms. The summed E-state index contributed by atoms with van der Waals surface area (Å²) in [4.78, 5) is 30.6. The molecular weight excluding hydrogens is 391 g/mol. The van der Waals surface area contributed by atoms with E-state index in [9.17, 15) is 14.7 Å². The molecule has 6 nitrogen and oxygen atoms in total. The van der Waals surface area contributed by atoms with Crippen LogP contribution >= 0.6 is 23.2 Å². The molecule has 3 rings (SSSR count). The summed E-state index contributed by atoms with van der Waals surface area (Å²) in [5.41, 5.74) is 0.941.